The molecule has 0 aliphatic carbocycles. The van der Waals surface area contributed by atoms with Crippen LogP contribution in [0.2, 0.25) is 0 Å². The van der Waals surface area contributed by atoms with Crippen molar-refractivity contribution in [1.82, 2.24) is 4.98 Å². The molecule has 2 heterocycles. The van der Waals surface area contributed by atoms with Crippen LogP contribution >= 0.6 is 0 Å². The molecule has 0 radical (unpaired) electrons. The van der Waals surface area contributed by atoms with Crippen molar-refractivity contribution < 1.29 is 48.1 Å². The molecule has 7 heteroatoms. The van der Waals surface area contributed by atoms with Crippen LogP contribution in [-0.4, -0.2) is 15.2 Å². The van der Waals surface area contributed by atoms with E-state index in [0.29, 0.717) is 27.2 Å². The summed E-state index contributed by atoms with van der Waals surface area (Å²) < 4.78 is 26.7. The zero-order chi connectivity index (χ0) is 20.1. The zero-order valence-corrected chi connectivity index (χ0v) is 18.8. The number of carbonyl (C=O) groups is 1. The van der Waals surface area contributed by atoms with Gasteiger partial charge in [0.1, 0.15) is 5.82 Å². The van der Waals surface area contributed by atoms with Crippen LogP contribution in [0.3, 0.4) is 0 Å². The number of carboxylic acid groups (broad SMARTS) is 1. The van der Waals surface area contributed by atoms with E-state index in [0.717, 1.165) is 17.2 Å². The van der Waals surface area contributed by atoms with E-state index < -0.39 is 22.6 Å². The molecular formula is C23H13FNNaO3S. The van der Waals surface area contributed by atoms with Gasteiger partial charge in [-0.2, -0.15) is 0 Å². The quantitative estimate of drug-likeness (QED) is 0.444. The number of carboxylic acids is 1. The van der Waals surface area contributed by atoms with Gasteiger partial charge in [0.25, 0.3) is 0 Å². The molecule has 30 heavy (non-hydrogen) atoms. The Morgan fingerprint density at radius 1 is 1.00 bits per heavy atom. The summed E-state index contributed by atoms with van der Waals surface area (Å²) in [6.45, 7) is 0. The molecule has 142 valence electrons. The molecule has 1 aromatic heterocycles. The molecule has 0 spiro atoms. The van der Waals surface area contributed by atoms with Crippen LogP contribution in [0.25, 0.3) is 33.3 Å². The largest absolute Gasteiger partial charge is 1.00 e. The molecule has 0 saturated carbocycles. The second-order valence-corrected chi connectivity index (χ2v) is 8.25. The minimum absolute atomic E-state index is 0. The van der Waals surface area contributed by atoms with Gasteiger partial charge in [0.2, 0.25) is 0 Å². The molecule has 4 aromatic rings. The van der Waals surface area contributed by atoms with Gasteiger partial charge < -0.3 is 9.90 Å². The molecule has 1 aliphatic heterocycles. The van der Waals surface area contributed by atoms with Crippen LogP contribution < -0.4 is 34.7 Å². The van der Waals surface area contributed by atoms with Gasteiger partial charge in [0.05, 0.1) is 33.7 Å². The van der Waals surface area contributed by atoms with Gasteiger partial charge >= 0.3 is 29.6 Å². The van der Waals surface area contributed by atoms with E-state index in [4.69, 9.17) is 0 Å². The van der Waals surface area contributed by atoms with Gasteiger partial charge in [0.15, 0.2) is 0 Å². The molecule has 0 bridgehead atoms. The number of aromatic nitrogens is 1. The third-order valence-electron chi connectivity index (χ3n) is 5.12. The maximum atomic E-state index is 13.7. The van der Waals surface area contributed by atoms with Crippen LogP contribution in [0.15, 0.2) is 71.6 Å². The second kappa shape index (κ2) is 8.04. The summed E-state index contributed by atoms with van der Waals surface area (Å²) in [4.78, 5) is 17.1. The standard InChI is InChI=1S/C23H14FNO3S.Na/c24-15-7-9-19-17(11-15)21(23(26)27)18-12-29(28)20-10-14(13-4-2-1-3-5-13)6-8-16(20)22(18)25-19;/h1-11H,12H2,(H,26,27);/q;+1/p-1. The number of carbonyl (C=O) groups excluding carboxylic acids is 1. The number of hydrogen-bond donors (Lipinski definition) is 0. The molecular weight excluding hydrogens is 412 g/mol. The first kappa shape index (κ1) is 20.9. The van der Waals surface area contributed by atoms with Crippen molar-refractivity contribution >= 4 is 27.7 Å². The average molecular weight is 425 g/mol. The van der Waals surface area contributed by atoms with Crippen molar-refractivity contribution in [3.63, 3.8) is 0 Å². The molecule has 0 fully saturated rings. The zero-order valence-electron chi connectivity index (χ0n) is 16.0. The van der Waals surface area contributed by atoms with E-state index in [1.807, 2.05) is 48.5 Å². The van der Waals surface area contributed by atoms with E-state index in [1.165, 1.54) is 12.1 Å². The number of nitrogens with zero attached hydrogens (tertiary/aromatic N) is 1. The Kier molecular flexibility index (Phi) is 5.59. The van der Waals surface area contributed by atoms with Crippen molar-refractivity contribution in [2.45, 2.75) is 10.6 Å². The summed E-state index contributed by atoms with van der Waals surface area (Å²) in [6.07, 6.45) is 0. The van der Waals surface area contributed by atoms with E-state index in [-0.39, 0.29) is 46.3 Å². The Morgan fingerprint density at radius 3 is 2.50 bits per heavy atom. The van der Waals surface area contributed by atoms with Crippen LogP contribution in [0.5, 0.6) is 0 Å². The monoisotopic (exact) mass is 425 g/mol. The Hall–Kier alpha value is -2.38. The van der Waals surface area contributed by atoms with Crippen molar-refractivity contribution in [2.24, 2.45) is 0 Å². The average Bonchev–Trinajstić information content (AvgIpc) is 2.73. The fourth-order valence-corrected chi connectivity index (χ4v) is 5.16. The molecule has 4 nitrogen and oxygen atoms in total. The minimum Gasteiger partial charge on any atom is -0.545 e. The number of benzene rings is 3. The van der Waals surface area contributed by atoms with Gasteiger partial charge in [-0.05, 0) is 35.4 Å². The number of rotatable bonds is 2. The first-order valence-corrected chi connectivity index (χ1v) is 10.3. The van der Waals surface area contributed by atoms with E-state index in [1.54, 1.807) is 0 Å². The van der Waals surface area contributed by atoms with Crippen LogP contribution in [0, 0.1) is 5.82 Å². The van der Waals surface area contributed by atoms with Crippen LogP contribution in [0.1, 0.15) is 15.9 Å². The molecule has 5 rings (SSSR count). The maximum absolute atomic E-state index is 13.7. The Bertz CT molecular complexity index is 1340. The van der Waals surface area contributed by atoms with E-state index in [9.17, 15) is 18.5 Å². The number of pyridine rings is 1. The van der Waals surface area contributed by atoms with Crippen molar-refractivity contribution in [2.75, 3.05) is 0 Å². The number of fused-ring (bicyclic) bond motifs is 4. The summed E-state index contributed by atoms with van der Waals surface area (Å²) in [5.74, 6) is -2.00. The van der Waals surface area contributed by atoms with Crippen molar-refractivity contribution in [1.29, 1.82) is 0 Å². The topological polar surface area (TPSA) is 70.1 Å². The molecule has 1 aliphatic rings. The van der Waals surface area contributed by atoms with Gasteiger partial charge in [-0.25, -0.2) is 9.37 Å². The Balaban J connectivity index is 0.00000218. The first-order valence-electron chi connectivity index (χ1n) is 8.94. The SMILES string of the molecule is O=C([O-])c1c2c(nc3ccc(F)cc13)-c1ccc(-c3ccccc3)cc1S(=O)C2.[Na+]. The third-order valence-corrected chi connectivity index (χ3v) is 6.50. The molecule has 3 aromatic carbocycles. The first-order chi connectivity index (χ1) is 14.0. The molecule has 0 N–H and O–H groups in total. The van der Waals surface area contributed by atoms with Crippen LogP contribution in [0.4, 0.5) is 4.39 Å². The summed E-state index contributed by atoms with van der Waals surface area (Å²) in [6, 6.07) is 19.1. The molecule has 1 unspecified atom stereocenters. The predicted molar refractivity (Wildman–Crippen MR) is 107 cm³/mol. The maximum Gasteiger partial charge on any atom is 1.00 e. The Labute approximate surface area is 196 Å². The summed E-state index contributed by atoms with van der Waals surface area (Å²) >= 11 is 0. The van der Waals surface area contributed by atoms with Gasteiger partial charge in [-0.15, -0.1) is 0 Å². The van der Waals surface area contributed by atoms with E-state index >= 15 is 0 Å². The molecule has 0 saturated heterocycles. The molecule has 1 atom stereocenters. The normalized spacial score (nSPS) is 14.5. The number of hydrogen-bond acceptors (Lipinski definition) is 4. The van der Waals surface area contributed by atoms with Gasteiger partial charge in [-0.3, -0.25) is 4.21 Å². The predicted octanol–water partition coefficient (Wildman–Crippen LogP) is 0.697. The van der Waals surface area contributed by atoms with Crippen molar-refractivity contribution in [3.8, 4) is 22.4 Å². The number of aromatic carboxylic acids is 1. The summed E-state index contributed by atoms with van der Waals surface area (Å²) in [7, 11) is -1.46. The van der Waals surface area contributed by atoms with Crippen molar-refractivity contribution in [3.05, 3.63) is 83.7 Å². The van der Waals surface area contributed by atoms with Gasteiger partial charge in [0, 0.05) is 27.0 Å². The fraction of sp³-hybridized carbons (Fsp3) is 0.0435. The Morgan fingerprint density at radius 2 is 1.77 bits per heavy atom. The fourth-order valence-electron chi connectivity index (χ4n) is 3.80. The van der Waals surface area contributed by atoms with E-state index in [2.05, 4.69) is 4.98 Å². The smallest absolute Gasteiger partial charge is 0.545 e. The molecule has 0 amide bonds. The minimum atomic E-state index is -1.46. The summed E-state index contributed by atoms with van der Waals surface area (Å²) in [5.41, 5.74) is 3.53. The van der Waals surface area contributed by atoms with Crippen LogP contribution in [-0.2, 0) is 16.6 Å². The van der Waals surface area contributed by atoms with Gasteiger partial charge in [-0.1, -0.05) is 42.5 Å². The second-order valence-electron chi connectivity index (χ2n) is 6.83. The third kappa shape index (κ3) is 3.40. The number of halogens is 1. The summed E-state index contributed by atoms with van der Waals surface area (Å²) in [5, 5.41) is 12.1.